The van der Waals surface area contributed by atoms with E-state index in [2.05, 4.69) is 6.92 Å². The van der Waals surface area contributed by atoms with Crippen LogP contribution >= 0.6 is 0 Å². The van der Waals surface area contributed by atoms with Crippen LogP contribution in [0.1, 0.15) is 32.3 Å². The van der Waals surface area contributed by atoms with Crippen LogP contribution < -0.4 is 4.74 Å². The monoisotopic (exact) mass is 194 g/mol. The molecule has 78 valence electrons. The number of hydrogen-bond acceptors (Lipinski definition) is 2. The molecule has 1 rings (SSSR count). The van der Waals surface area contributed by atoms with Crippen molar-refractivity contribution in [3.05, 3.63) is 29.8 Å². The van der Waals surface area contributed by atoms with Gasteiger partial charge in [0.1, 0.15) is 5.75 Å². The summed E-state index contributed by atoms with van der Waals surface area (Å²) in [5.41, 5.74) is 0.223. The first-order chi connectivity index (χ1) is 6.60. The highest BCUT2D eigenvalue weighted by molar-refractivity contribution is 5.30. The SMILES string of the molecule is CCC[C@@](C)(O)c1ccc(OC)cc1. The average molecular weight is 194 g/mol. The summed E-state index contributed by atoms with van der Waals surface area (Å²) >= 11 is 0. The molecule has 1 atom stereocenters. The van der Waals surface area contributed by atoms with E-state index in [0.29, 0.717) is 0 Å². The van der Waals surface area contributed by atoms with Crippen LogP contribution in [-0.2, 0) is 5.60 Å². The topological polar surface area (TPSA) is 29.5 Å². The lowest BCUT2D eigenvalue weighted by molar-refractivity contribution is 0.0469. The minimum absolute atomic E-state index is 0.721. The summed E-state index contributed by atoms with van der Waals surface area (Å²) in [6.07, 6.45) is 1.75. The van der Waals surface area contributed by atoms with Crippen molar-refractivity contribution in [2.24, 2.45) is 0 Å². The summed E-state index contributed by atoms with van der Waals surface area (Å²) in [7, 11) is 1.64. The van der Waals surface area contributed by atoms with E-state index in [0.717, 1.165) is 24.2 Å². The van der Waals surface area contributed by atoms with Gasteiger partial charge in [-0.1, -0.05) is 25.5 Å². The molecule has 1 N–H and O–H groups in total. The number of ether oxygens (including phenoxy) is 1. The summed E-state index contributed by atoms with van der Waals surface area (Å²) in [5, 5.41) is 10.1. The Morgan fingerprint density at radius 2 is 1.86 bits per heavy atom. The number of hydrogen-bond donors (Lipinski definition) is 1. The number of methoxy groups -OCH3 is 1. The summed E-state index contributed by atoms with van der Waals surface area (Å²) in [5.74, 6) is 0.820. The Hall–Kier alpha value is -1.02. The van der Waals surface area contributed by atoms with E-state index in [-0.39, 0.29) is 0 Å². The van der Waals surface area contributed by atoms with Crippen LogP contribution in [-0.4, -0.2) is 12.2 Å². The van der Waals surface area contributed by atoms with Crippen molar-refractivity contribution < 1.29 is 9.84 Å². The van der Waals surface area contributed by atoms with E-state index in [4.69, 9.17) is 4.74 Å². The predicted molar refractivity (Wildman–Crippen MR) is 57.5 cm³/mol. The van der Waals surface area contributed by atoms with Gasteiger partial charge in [0, 0.05) is 0 Å². The van der Waals surface area contributed by atoms with Gasteiger partial charge in [-0.05, 0) is 31.0 Å². The Balaban J connectivity index is 2.85. The molecular formula is C12H18O2. The van der Waals surface area contributed by atoms with Crippen LogP contribution in [0.2, 0.25) is 0 Å². The van der Waals surface area contributed by atoms with Gasteiger partial charge in [-0.15, -0.1) is 0 Å². The molecule has 2 nitrogen and oxygen atoms in total. The first-order valence-electron chi connectivity index (χ1n) is 4.97. The second-order valence-corrected chi connectivity index (χ2v) is 3.75. The van der Waals surface area contributed by atoms with E-state index >= 15 is 0 Å². The molecule has 0 aromatic heterocycles. The zero-order valence-electron chi connectivity index (χ0n) is 9.08. The van der Waals surface area contributed by atoms with Crippen molar-refractivity contribution >= 4 is 0 Å². The fourth-order valence-electron chi connectivity index (χ4n) is 1.58. The smallest absolute Gasteiger partial charge is 0.118 e. The fourth-order valence-corrected chi connectivity index (χ4v) is 1.58. The van der Waals surface area contributed by atoms with Gasteiger partial charge in [-0.3, -0.25) is 0 Å². The maximum Gasteiger partial charge on any atom is 0.118 e. The van der Waals surface area contributed by atoms with Crippen molar-refractivity contribution in [3.63, 3.8) is 0 Å². The van der Waals surface area contributed by atoms with E-state index < -0.39 is 5.60 Å². The van der Waals surface area contributed by atoms with Crippen LogP contribution in [0, 0.1) is 0 Å². The molecule has 0 aliphatic rings. The maximum absolute atomic E-state index is 10.1. The van der Waals surface area contributed by atoms with Gasteiger partial charge in [0.05, 0.1) is 12.7 Å². The molecule has 0 aliphatic carbocycles. The summed E-state index contributed by atoms with van der Waals surface area (Å²) in [6.45, 7) is 3.91. The molecule has 14 heavy (non-hydrogen) atoms. The second-order valence-electron chi connectivity index (χ2n) is 3.75. The Morgan fingerprint density at radius 1 is 1.29 bits per heavy atom. The standard InChI is InChI=1S/C12H18O2/c1-4-9-12(2,13)10-5-7-11(14-3)8-6-10/h5-8,13H,4,9H2,1-3H3/t12-/m1/s1. The van der Waals surface area contributed by atoms with Crippen LogP contribution in [0.3, 0.4) is 0 Å². The fraction of sp³-hybridized carbons (Fsp3) is 0.500. The molecule has 0 saturated carbocycles. The second kappa shape index (κ2) is 4.47. The average Bonchev–Trinajstić information content (AvgIpc) is 2.18. The number of benzene rings is 1. The van der Waals surface area contributed by atoms with E-state index in [9.17, 15) is 5.11 Å². The highest BCUT2D eigenvalue weighted by atomic mass is 16.5. The molecule has 0 saturated heterocycles. The van der Waals surface area contributed by atoms with Crippen molar-refractivity contribution in [2.45, 2.75) is 32.3 Å². The van der Waals surface area contributed by atoms with Gasteiger partial charge >= 0.3 is 0 Å². The van der Waals surface area contributed by atoms with Crippen molar-refractivity contribution in [1.29, 1.82) is 0 Å². The molecule has 0 fully saturated rings. The third kappa shape index (κ3) is 2.48. The Morgan fingerprint density at radius 3 is 2.29 bits per heavy atom. The molecule has 1 aromatic rings. The first-order valence-corrected chi connectivity index (χ1v) is 4.97. The zero-order chi connectivity index (χ0) is 10.6. The lowest BCUT2D eigenvalue weighted by Gasteiger charge is -2.23. The van der Waals surface area contributed by atoms with Gasteiger partial charge in [-0.25, -0.2) is 0 Å². The van der Waals surface area contributed by atoms with Crippen molar-refractivity contribution in [3.8, 4) is 5.75 Å². The highest BCUT2D eigenvalue weighted by Crippen LogP contribution is 2.27. The predicted octanol–water partition coefficient (Wildman–Crippen LogP) is 2.70. The molecular weight excluding hydrogens is 176 g/mol. The van der Waals surface area contributed by atoms with Gasteiger partial charge in [0.15, 0.2) is 0 Å². The molecule has 0 unspecified atom stereocenters. The van der Waals surface area contributed by atoms with Gasteiger partial charge < -0.3 is 9.84 Å². The largest absolute Gasteiger partial charge is 0.497 e. The third-order valence-corrected chi connectivity index (χ3v) is 2.45. The summed E-state index contributed by atoms with van der Waals surface area (Å²) in [6, 6.07) is 7.57. The van der Waals surface area contributed by atoms with E-state index in [1.165, 1.54) is 0 Å². The zero-order valence-corrected chi connectivity index (χ0v) is 9.08. The molecule has 0 radical (unpaired) electrons. The Bertz CT molecular complexity index is 275. The van der Waals surface area contributed by atoms with Crippen LogP contribution in [0.4, 0.5) is 0 Å². The van der Waals surface area contributed by atoms with Crippen LogP contribution in [0.15, 0.2) is 24.3 Å². The lowest BCUT2D eigenvalue weighted by Crippen LogP contribution is -2.20. The Labute approximate surface area is 85.5 Å². The molecule has 0 heterocycles. The minimum Gasteiger partial charge on any atom is -0.497 e. The quantitative estimate of drug-likeness (QED) is 0.798. The van der Waals surface area contributed by atoms with Crippen molar-refractivity contribution in [1.82, 2.24) is 0 Å². The number of rotatable bonds is 4. The molecule has 0 spiro atoms. The molecule has 0 aliphatic heterocycles. The highest BCUT2D eigenvalue weighted by Gasteiger charge is 2.21. The molecule has 0 amide bonds. The lowest BCUT2D eigenvalue weighted by atomic mass is 9.91. The molecule has 0 bridgehead atoms. The van der Waals surface area contributed by atoms with E-state index in [1.54, 1.807) is 7.11 Å². The molecule has 2 heteroatoms. The van der Waals surface area contributed by atoms with Crippen LogP contribution in [0.25, 0.3) is 0 Å². The van der Waals surface area contributed by atoms with Crippen LogP contribution in [0.5, 0.6) is 5.75 Å². The maximum atomic E-state index is 10.1. The van der Waals surface area contributed by atoms with Gasteiger partial charge in [-0.2, -0.15) is 0 Å². The minimum atomic E-state index is -0.721. The van der Waals surface area contributed by atoms with Crippen molar-refractivity contribution in [2.75, 3.05) is 7.11 Å². The van der Waals surface area contributed by atoms with Gasteiger partial charge in [0.2, 0.25) is 0 Å². The first kappa shape index (κ1) is 11.1. The molecule has 1 aromatic carbocycles. The number of aliphatic hydroxyl groups is 1. The third-order valence-electron chi connectivity index (χ3n) is 2.45. The summed E-state index contributed by atoms with van der Waals surface area (Å²) < 4.78 is 5.06. The normalized spacial score (nSPS) is 14.9. The Kier molecular flexibility index (Phi) is 3.53. The summed E-state index contributed by atoms with van der Waals surface area (Å²) in [4.78, 5) is 0. The van der Waals surface area contributed by atoms with Gasteiger partial charge in [0.25, 0.3) is 0 Å². The van der Waals surface area contributed by atoms with E-state index in [1.807, 2.05) is 31.2 Å².